The van der Waals surface area contributed by atoms with E-state index >= 15 is 21.6 Å². The van der Waals surface area contributed by atoms with Crippen LogP contribution in [0.2, 0.25) is 0 Å². The largest absolute Gasteiger partial charge is 0.343 e. The Labute approximate surface area is 486 Å². The first-order chi connectivity index (χ1) is 39.9. The smallest absolute Gasteiger partial charge is 0.247 e. The zero-order chi connectivity index (χ0) is 59.0. The van der Waals surface area contributed by atoms with E-state index in [4.69, 9.17) is 0 Å². The predicted octanol–water partition coefficient (Wildman–Crippen LogP) is 3.58. The van der Waals surface area contributed by atoms with E-state index in [1.54, 1.807) is 27.9 Å². The number of nitrogens with zero attached hydrogens (tertiary/aromatic N) is 4. The van der Waals surface area contributed by atoms with E-state index in [2.05, 4.69) is 31.9 Å². The van der Waals surface area contributed by atoms with Gasteiger partial charge in [0.1, 0.15) is 24.2 Å². The van der Waals surface area contributed by atoms with Crippen LogP contribution in [0.15, 0.2) is 155 Å². The molecule has 6 amide bonds. The van der Waals surface area contributed by atoms with Gasteiger partial charge in [-0.05, 0) is 113 Å². The molecule has 6 N–H and O–H groups in total. The molecule has 440 valence electrons. The highest BCUT2D eigenvalue weighted by molar-refractivity contribution is 7.90. The van der Waals surface area contributed by atoms with E-state index in [-0.39, 0.29) is 32.4 Å². The van der Waals surface area contributed by atoms with E-state index in [1.807, 2.05) is 121 Å². The lowest BCUT2D eigenvalue weighted by atomic mass is 9.98. The number of amides is 6. The van der Waals surface area contributed by atoms with Crippen molar-refractivity contribution in [1.29, 1.82) is 0 Å². The van der Waals surface area contributed by atoms with E-state index in [1.165, 1.54) is 28.0 Å². The number of hydrogen-bond donors (Lipinski definition) is 6. The molecule has 4 saturated heterocycles. The summed E-state index contributed by atoms with van der Waals surface area (Å²) in [6.45, 7) is 1.84. The van der Waals surface area contributed by atoms with E-state index in [0.29, 0.717) is 25.7 Å². The molecule has 9 rings (SSSR count). The first-order valence-corrected chi connectivity index (χ1v) is 31.3. The van der Waals surface area contributed by atoms with Crippen molar-refractivity contribution in [2.45, 2.75) is 129 Å². The molecular formula is C61H74N10O10S2. The normalized spacial score (nSPS) is 22.7. The molecule has 0 aromatic heterocycles. The Morgan fingerprint density at radius 2 is 0.831 bits per heavy atom. The van der Waals surface area contributed by atoms with Crippen LogP contribution in [-0.2, 0) is 48.8 Å². The number of carbonyl (C=O) groups is 6. The average molecular weight is 1170 g/mol. The number of hydrogen-bond acceptors (Lipinski definition) is 12. The molecular weight excluding hydrogens is 1100 g/mol. The number of fused-ring (bicyclic) bond motifs is 2. The Balaban J connectivity index is 0.969. The van der Waals surface area contributed by atoms with Gasteiger partial charge in [-0.25, -0.2) is 16.8 Å². The Kier molecular flexibility index (Phi) is 19.2. The van der Waals surface area contributed by atoms with Crippen LogP contribution in [0.3, 0.4) is 0 Å². The van der Waals surface area contributed by atoms with Crippen molar-refractivity contribution >= 4 is 55.5 Å². The van der Waals surface area contributed by atoms with E-state index < -0.39 is 139 Å². The third kappa shape index (κ3) is 13.4. The Hall–Kier alpha value is -7.34. The third-order valence-electron chi connectivity index (χ3n) is 16.6. The number of nitrogens with one attached hydrogen (secondary N) is 6. The average Bonchev–Trinajstić information content (AvgIpc) is 4.29. The van der Waals surface area contributed by atoms with Crippen LogP contribution >= 0.6 is 0 Å². The van der Waals surface area contributed by atoms with Crippen LogP contribution in [0.5, 0.6) is 0 Å². The molecule has 0 saturated carbocycles. The van der Waals surface area contributed by atoms with Gasteiger partial charge >= 0.3 is 0 Å². The summed E-state index contributed by atoms with van der Waals surface area (Å²) in [5.41, 5.74) is 3.33. The first-order valence-electron chi connectivity index (χ1n) is 28.4. The minimum atomic E-state index is -4.64. The molecule has 0 spiro atoms. The van der Waals surface area contributed by atoms with Gasteiger partial charge in [0.25, 0.3) is 0 Å². The number of rotatable bonds is 18. The molecule has 4 aliphatic rings. The summed E-state index contributed by atoms with van der Waals surface area (Å²) in [5.74, 6) is -3.24. The lowest BCUT2D eigenvalue weighted by molar-refractivity contribution is -0.144. The van der Waals surface area contributed by atoms with Crippen molar-refractivity contribution in [3.05, 3.63) is 168 Å². The van der Waals surface area contributed by atoms with Crippen molar-refractivity contribution in [1.82, 2.24) is 50.3 Å². The lowest BCUT2D eigenvalue weighted by Crippen LogP contribution is -2.62. The van der Waals surface area contributed by atoms with Crippen LogP contribution in [0, 0.1) is 0 Å². The van der Waals surface area contributed by atoms with Gasteiger partial charge in [-0.3, -0.25) is 28.8 Å². The van der Waals surface area contributed by atoms with Crippen molar-refractivity contribution in [2.75, 3.05) is 40.3 Å². The van der Waals surface area contributed by atoms with Gasteiger partial charge in [0.2, 0.25) is 55.5 Å². The second-order valence-electron chi connectivity index (χ2n) is 21.8. The van der Waals surface area contributed by atoms with E-state index in [9.17, 15) is 24.0 Å². The highest BCUT2D eigenvalue weighted by Crippen LogP contribution is 2.35. The molecule has 4 fully saturated rings. The van der Waals surface area contributed by atoms with Crippen molar-refractivity contribution in [3.8, 4) is 0 Å². The van der Waals surface area contributed by atoms with Crippen molar-refractivity contribution < 1.29 is 45.6 Å². The highest BCUT2D eigenvalue weighted by Gasteiger charge is 2.49. The fourth-order valence-corrected chi connectivity index (χ4v) is 14.9. The quantitative estimate of drug-likeness (QED) is 0.0737. The molecule has 5 aromatic rings. The molecule has 8 atom stereocenters. The van der Waals surface area contributed by atoms with Crippen molar-refractivity contribution in [3.63, 3.8) is 0 Å². The molecule has 0 bridgehead atoms. The summed E-state index contributed by atoms with van der Waals surface area (Å²) >= 11 is 0. The third-order valence-corrected chi connectivity index (χ3v) is 20.3. The van der Waals surface area contributed by atoms with Gasteiger partial charge in [0, 0.05) is 38.3 Å². The summed E-state index contributed by atoms with van der Waals surface area (Å²) in [7, 11) is -6.14. The molecule has 20 nitrogen and oxygen atoms in total. The Bertz CT molecular complexity index is 3270. The number of carbonyl (C=O) groups excluding carboxylic acids is 6. The maximum atomic E-state index is 15.1. The van der Waals surface area contributed by atoms with Gasteiger partial charge in [0.15, 0.2) is 0 Å². The zero-order valence-corrected chi connectivity index (χ0v) is 48.7. The summed E-state index contributed by atoms with van der Waals surface area (Å²) in [6.07, 6.45) is 2.14. The summed E-state index contributed by atoms with van der Waals surface area (Å²) in [4.78, 5) is 88.6. The van der Waals surface area contributed by atoms with Gasteiger partial charge in [0.05, 0.1) is 34.0 Å². The Morgan fingerprint density at radius 3 is 1.20 bits per heavy atom. The minimum Gasteiger partial charge on any atom is -0.343 e. The summed E-state index contributed by atoms with van der Waals surface area (Å²) < 4.78 is 62.4. The second kappa shape index (κ2) is 26.5. The monoisotopic (exact) mass is 1170 g/mol. The highest BCUT2D eigenvalue weighted by atomic mass is 32.2. The van der Waals surface area contributed by atoms with Crippen LogP contribution in [0.25, 0.3) is 0 Å². The molecule has 22 heteroatoms. The summed E-state index contributed by atoms with van der Waals surface area (Å²) in [5, 5.41) is 17.6. The maximum absolute atomic E-state index is 15.1. The molecule has 0 radical (unpaired) electrons. The molecule has 4 aliphatic heterocycles. The molecule has 0 unspecified atom stereocenters. The predicted molar refractivity (Wildman–Crippen MR) is 312 cm³/mol. The van der Waals surface area contributed by atoms with Crippen LogP contribution in [-0.4, -0.2) is 159 Å². The van der Waals surface area contributed by atoms with Crippen molar-refractivity contribution in [2.24, 2.45) is 0 Å². The second-order valence-corrected chi connectivity index (χ2v) is 25.7. The molecule has 0 aliphatic carbocycles. The van der Waals surface area contributed by atoms with Crippen LogP contribution in [0.4, 0.5) is 0 Å². The molecule has 5 aromatic carbocycles. The lowest BCUT2D eigenvalue weighted by Gasteiger charge is -2.38. The fourth-order valence-electron chi connectivity index (χ4n) is 11.8. The number of likely N-dealkylation sites (N-methyl/N-ethyl adjacent to an activating group) is 2. The summed E-state index contributed by atoms with van der Waals surface area (Å²) in [6, 6.07) is 34.1. The Morgan fingerprint density at radius 1 is 0.470 bits per heavy atom. The zero-order valence-electron chi connectivity index (χ0n) is 47.1. The topological polar surface area (TPSA) is 256 Å². The molecule has 4 heterocycles. The van der Waals surface area contributed by atoms with Crippen LogP contribution < -0.4 is 31.9 Å². The standard InChI is InChI=1S/C61H74N10O10S2/c1-40(62-3)56(72)64-50-38-68(35-18-27-46-30-32-52(70(46)60(50)76)58(74)66-54(42-19-9-5-10-20-42)43-21-11-6-12-22-43)82(78,79)48-28-17-29-49(37-48)83(80,81)69-36-34-47-31-33-53(71(47)61(77)51(39-69)65-57(73)41(2)63-4)59(75)67-55(44-23-13-7-14-24-44)45-25-15-8-16-26-45/h5-17,19-26,28-29,37,40-41,46-47,50-55,62-63H,18,27,30-36,38-39H2,1-4H3,(H,64,72)(H,65,73)(H,66,74)(H,67,75)/t40-,41-,46-,47+,50-,51-,52-,53-/m0/s1. The first kappa shape index (κ1) is 60.3. The SMILES string of the molecule is CN[C@@H](C)C(=O)N[C@H]1CN(S(=O)(=O)c2cccc(S(=O)(=O)N3CC[C@H]4CC[C@@H](C(=O)NC(c5ccccc5)c5ccccc5)N4C(=O)[C@@H](NC(=O)[C@H](C)NC)C3)c2)CCC[C@H]2CC[C@@H](C(=O)NC(c3ccccc3)c3ccccc3)N2C1=O. The van der Waals surface area contributed by atoms with Crippen LogP contribution in [0.1, 0.15) is 93.1 Å². The minimum absolute atomic E-state index is 0.109. The number of sulfonamides is 2. The molecule has 83 heavy (non-hydrogen) atoms. The van der Waals surface area contributed by atoms with Gasteiger partial charge in [-0.2, -0.15) is 8.61 Å². The fraction of sp³-hybridized carbons (Fsp3) is 0.410. The number of benzene rings is 5. The van der Waals surface area contributed by atoms with Gasteiger partial charge in [-0.15, -0.1) is 0 Å². The van der Waals surface area contributed by atoms with Gasteiger partial charge in [-0.1, -0.05) is 127 Å². The maximum Gasteiger partial charge on any atom is 0.247 e. The van der Waals surface area contributed by atoms with E-state index in [0.717, 1.165) is 36.9 Å². The van der Waals surface area contributed by atoms with Gasteiger partial charge < -0.3 is 41.7 Å².